The molecule has 0 saturated heterocycles. The quantitative estimate of drug-likeness (QED) is 0.101. The maximum atomic E-state index is 12.4. The van der Waals surface area contributed by atoms with Crippen LogP contribution in [-0.2, 0) is 25.6 Å². The molecule has 0 unspecified atom stereocenters. The van der Waals surface area contributed by atoms with Crippen molar-refractivity contribution in [3.05, 3.63) is 35.9 Å². The molecule has 0 saturated carbocycles. The molecule has 0 radical (unpaired) electrons. The summed E-state index contributed by atoms with van der Waals surface area (Å²) in [6, 6.07) is 10.2. The van der Waals surface area contributed by atoms with Gasteiger partial charge in [-0.25, -0.2) is 0 Å². The third-order valence-electron chi connectivity index (χ3n) is 6.46. The van der Waals surface area contributed by atoms with E-state index >= 15 is 0 Å². The summed E-state index contributed by atoms with van der Waals surface area (Å²) in [5.41, 5.74) is 1.18. The molecule has 4 nitrogen and oxygen atoms in total. The van der Waals surface area contributed by atoms with E-state index in [-0.39, 0.29) is 12.1 Å². The number of carbonyl (C=O) groups is 1. The van der Waals surface area contributed by atoms with Gasteiger partial charge < -0.3 is 14.2 Å². The van der Waals surface area contributed by atoms with Gasteiger partial charge in [0.25, 0.3) is 0 Å². The normalized spacial score (nSPS) is 11.3. The van der Waals surface area contributed by atoms with Crippen LogP contribution in [-0.4, -0.2) is 31.9 Å². The summed E-state index contributed by atoms with van der Waals surface area (Å²) >= 11 is 0. The van der Waals surface area contributed by atoms with Crippen LogP contribution in [0.3, 0.4) is 0 Å². The number of rotatable bonds is 25. The minimum Gasteiger partial charge on any atom is -0.462 e. The fraction of sp³-hybridized carbons (Fsp3) is 0.774. The summed E-state index contributed by atoms with van der Waals surface area (Å²) in [6.45, 7) is 6.98. The lowest BCUT2D eigenvalue weighted by molar-refractivity contribution is -0.150. The second-order valence-electron chi connectivity index (χ2n) is 9.83. The topological polar surface area (TPSA) is 44.8 Å². The average molecular weight is 491 g/mol. The van der Waals surface area contributed by atoms with E-state index in [0.29, 0.717) is 32.8 Å². The molecule has 0 N–H and O–H groups in total. The Morgan fingerprint density at radius 2 is 1.23 bits per heavy atom. The Balaban J connectivity index is 2.10. The van der Waals surface area contributed by atoms with Gasteiger partial charge >= 0.3 is 5.97 Å². The summed E-state index contributed by atoms with van der Waals surface area (Å²) in [5, 5.41) is 0. The summed E-state index contributed by atoms with van der Waals surface area (Å²) in [5.74, 6) is -0.0295. The summed E-state index contributed by atoms with van der Waals surface area (Å²) in [4.78, 5) is 12.4. The molecule has 4 heteroatoms. The molecule has 1 aromatic carbocycles. The number of esters is 1. The first-order chi connectivity index (χ1) is 17.3. The Labute approximate surface area is 216 Å². The van der Waals surface area contributed by atoms with Gasteiger partial charge in [-0.1, -0.05) is 108 Å². The van der Waals surface area contributed by atoms with E-state index in [2.05, 4.69) is 26.0 Å². The van der Waals surface area contributed by atoms with Crippen LogP contribution in [0.25, 0.3) is 0 Å². The maximum Gasteiger partial charge on any atom is 0.306 e. The van der Waals surface area contributed by atoms with Gasteiger partial charge in [0.15, 0.2) is 0 Å². The summed E-state index contributed by atoms with van der Waals surface area (Å²) in [7, 11) is 0. The SMILES string of the molecule is CCCCCCCCC(CCCCCCCC)OC(=O)CCCCOCCOCc1ccccc1. The first kappa shape index (κ1) is 31.6. The first-order valence-electron chi connectivity index (χ1n) is 14.6. The molecular weight excluding hydrogens is 436 g/mol. The third kappa shape index (κ3) is 20.5. The molecule has 0 bridgehead atoms. The van der Waals surface area contributed by atoms with Crippen LogP contribution in [0.1, 0.15) is 129 Å². The van der Waals surface area contributed by atoms with Crippen LogP contribution >= 0.6 is 0 Å². The van der Waals surface area contributed by atoms with Gasteiger partial charge in [0.1, 0.15) is 6.10 Å². The van der Waals surface area contributed by atoms with Gasteiger partial charge in [0.2, 0.25) is 0 Å². The monoisotopic (exact) mass is 490 g/mol. The van der Waals surface area contributed by atoms with Crippen LogP contribution in [0.5, 0.6) is 0 Å². The van der Waals surface area contributed by atoms with Crippen molar-refractivity contribution < 1.29 is 19.0 Å². The molecule has 0 atom stereocenters. The molecule has 0 aromatic heterocycles. The van der Waals surface area contributed by atoms with Crippen molar-refractivity contribution in [2.75, 3.05) is 19.8 Å². The van der Waals surface area contributed by atoms with E-state index in [9.17, 15) is 4.79 Å². The lowest BCUT2D eigenvalue weighted by Gasteiger charge is -2.18. The van der Waals surface area contributed by atoms with Gasteiger partial charge in [-0.3, -0.25) is 4.79 Å². The van der Waals surface area contributed by atoms with Crippen molar-refractivity contribution in [2.45, 2.75) is 136 Å². The number of benzene rings is 1. The zero-order valence-electron chi connectivity index (χ0n) is 22.9. The Morgan fingerprint density at radius 1 is 0.657 bits per heavy atom. The largest absolute Gasteiger partial charge is 0.462 e. The van der Waals surface area contributed by atoms with Crippen molar-refractivity contribution in [3.8, 4) is 0 Å². The molecule has 0 aliphatic carbocycles. The molecule has 0 fully saturated rings. The highest BCUT2D eigenvalue weighted by Crippen LogP contribution is 2.18. The Morgan fingerprint density at radius 3 is 1.86 bits per heavy atom. The fourth-order valence-corrected chi connectivity index (χ4v) is 4.27. The Bertz CT molecular complexity index is 559. The van der Waals surface area contributed by atoms with Gasteiger partial charge in [-0.15, -0.1) is 0 Å². The van der Waals surface area contributed by atoms with E-state index in [1.807, 2.05) is 18.2 Å². The van der Waals surface area contributed by atoms with Crippen molar-refractivity contribution in [1.29, 1.82) is 0 Å². The molecule has 0 aliphatic rings. The highest BCUT2D eigenvalue weighted by Gasteiger charge is 2.14. The first-order valence-corrected chi connectivity index (χ1v) is 14.6. The van der Waals surface area contributed by atoms with Crippen LogP contribution in [0.15, 0.2) is 30.3 Å². The van der Waals surface area contributed by atoms with Crippen LogP contribution in [0, 0.1) is 0 Å². The van der Waals surface area contributed by atoms with Crippen molar-refractivity contribution in [2.24, 2.45) is 0 Å². The van der Waals surface area contributed by atoms with E-state index in [0.717, 1.165) is 25.7 Å². The number of unbranched alkanes of at least 4 members (excludes halogenated alkanes) is 11. The predicted molar refractivity (Wildman–Crippen MR) is 147 cm³/mol. The standard InChI is InChI=1S/C31H54O4/c1-3-5-7-9-11-16-22-30(23-17-12-10-8-6-4-2)35-31(32)24-18-19-25-33-26-27-34-28-29-20-14-13-15-21-29/h13-15,20-21,30H,3-12,16-19,22-28H2,1-2H3. The smallest absolute Gasteiger partial charge is 0.306 e. The molecule has 0 heterocycles. The molecule has 0 aliphatic heterocycles. The molecule has 1 aromatic rings. The molecule has 1 rings (SSSR count). The molecule has 0 spiro atoms. The van der Waals surface area contributed by atoms with Crippen LogP contribution in [0.2, 0.25) is 0 Å². The van der Waals surface area contributed by atoms with Gasteiger partial charge in [0.05, 0.1) is 19.8 Å². The van der Waals surface area contributed by atoms with E-state index in [4.69, 9.17) is 14.2 Å². The second-order valence-corrected chi connectivity index (χ2v) is 9.83. The van der Waals surface area contributed by atoms with Crippen molar-refractivity contribution in [1.82, 2.24) is 0 Å². The lowest BCUT2D eigenvalue weighted by atomic mass is 10.0. The van der Waals surface area contributed by atoms with E-state index in [1.165, 1.54) is 82.6 Å². The second kappa shape index (κ2) is 24.3. The highest BCUT2D eigenvalue weighted by atomic mass is 16.5. The Hall–Kier alpha value is -1.39. The van der Waals surface area contributed by atoms with Gasteiger partial charge in [-0.2, -0.15) is 0 Å². The zero-order valence-corrected chi connectivity index (χ0v) is 22.9. The van der Waals surface area contributed by atoms with E-state index < -0.39 is 0 Å². The molecule has 35 heavy (non-hydrogen) atoms. The number of ether oxygens (including phenoxy) is 3. The van der Waals surface area contributed by atoms with Crippen molar-refractivity contribution in [3.63, 3.8) is 0 Å². The van der Waals surface area contributed by atoms with Crippen molar-refractivity contribution >= 4 is 5.97 Å². The zero-order chi connectivity index (χ0) is 25.2. The lowest BCUT2D eigenvalue weighted by Crippen LogP contribution is -2.18. The molecular formula is C31H54O4. The number of carbonyl (C=O) groups excluding carboxylic acids is 1. The molecule has 202 valence electrons. The number of hydrogen-bond donors (Lipinski definition) is 0. The van der Waals surface area contributed by atoms with Crippen LogP contribution in [0.4, 0.5) is 0 Å². The predicted octanol–water partition coefficient (Wildman–Crippen LogP) is 8.80. The maximum absolute atomic E-state index is 12.4. The summed E-state index contributed by atoms with van der Waals surface area (Å²) in [6.07, 6.45) is 19.8. The minimum atomic E-state index is -0.0295. The molecule has 0 amide bonds. The van der Waals surface area contributed by atoms with Gasteiger partial charge in [0, 0.05) is 13.0 Å². The van der Waals surface area contributed by atoms with Crippen LogP contribution < -0.4 is 0 Å². The summed E-state index contributed by atoms with van der Waals surface area (Å²) < 4.78 is 17.2. The minimum absolute atomic E-state index is 0.0295. The van der Waals surface area contributed by atoms with Gasteiger partial charge in [-0.05, 0) is 44.1 Å². The van der Waals surface area contributed by atoms with E-state index in [1.54, 1.807) is 0 Å². The average Bonchev–Trinajstić information content (AvgIpc) is 2.87. The Kier molecular flexibility index (Phi) is 22.0. The highest BCUT2D eigenvalue weighted by molar-refractivity contribution is 5.69. The third-order valence-corrected chi connectivity index (χ3v) is 6.46. The number of hydrogen-bond acceptors (Lipinski definition) is 4. The fourth-order valence-electron chi connectivity index (χ4n) is 4.27.